The normalized spacial score (nSPS) is 15.1. The molecule has 1 N–H and O–H groups in total. The lowest BCUT2D eigenvalue weighted by Gasteiger charge is -2.33. The van der Waals surface area contributed by atoms with Crippen molar-refractivity contribution in [2.45, 2.75) is 56.3 Å². The lowest BCUT2D eigenvalue weighted by Crippen LogP contribution is -2.39. The van der Waals surface area contributed by atoms with Crippen LogP contribution in [0.2, 0.25) is 0 Å². The fourth-order valence-corrected chi connectivity index (χ4v) is 5.01. The largest absolute Gasteiger partial charge is 0.493 e. The van der Waals surface area contributed by atoms with E-state index in [2.05, 4.69) is 12.2 Å². The quantitative estimate of drug-likeness (QED) is 0.332. The highest BCUT2D eigenvalue weighted by atomic mass is 32.2. The van der Waals surface area contributed by atoms with Crippen LogP contribution in [0.25, 0.3) is 0 Å². The molecule has 0 saturated carbocycles. The molecule has 0 fully saturated rings. The summed E-state index contributed by atoms with van der Waals surface area (Å²) in [6.45, 7) is 4.15. The van der Waals surface area contributed by atoms with Crippen LogP contribution in [0, 0.1) is 11.6 Å². The average Bonchev–Trinajstić information content (AvgIpc) is 3.38. The summed E-state index contributed by atoms with van der Waals surface area (Å²) in [7, 11) is 0. The van der Waals surface area contributed by atoms with Gasteiger partial charge in [0.1, 0.15) is 23.1 Å². The summed E-state index contributed by atoms with van der Waals surface area (Å²) in [6, 6.07) is 10.7. The summed E-state index contributed by atoms with van der Waals surface area (Å²) >= 11 is 1.31. The maximum atomic E-state index is 14.9. The summed E-state index contributed by atoms with van der Waals surface area (Å²) in [6.07, 6.45) is 4.33. The lowest BCUT2D eigenvalue weighted by molar-refractivity contribution is -0.118. The highest BCUT2D eigenvalue weighted by molar-refractivity contribution is 8.01. The van der Waals surface area contributed by atoms with Crippen LogP contribution in [0.5, 0.6) is 5.75 Å². The topological polar surface area (TPSA) is 71.8 Å². The van der Waals surface area contributed by atoms with Crippen molar-refractivity contribution in [3.8, 4) is 5.75 Å². The number of furan rings is 1. The number of unbranched alkanes of at least 4 members (excludes halogenated alkanes) is 2. The molecule has 190 valence electrons. The third kappa shape index (κ3) is 5.90. The molecule has 1 atom stereocenters. The Hall–Kier alpha value is -3.33. The van der Waals surface area contributed by atoms with Gasteiger partial charge in [0.05, 0.1) is 36.9 Å². The number of fused-ring (bicyclic) bond motifs is 1. The SMILES string of the molecule is CCCCCOc1cc(F)c(CN2C(=O)C(C)Sc3cc(C(=O)NCc4ccco4)ccc32)c(F)c1. The van der Waals surface area contributed by atoms with Crippen molar-refractivity contribution < 1.29 is 27.5 Å². The Balaban J connectivity index is 1.52. The molecule has 1 unspecified atom stereocenters. The van der Waals surface area contributed by atoms with Crippen LogP contribution in [-0.4, -0.2) is 23.7 Å². The van der Waals surface area contributed by atoms with Gasteiger partial charge in [-0.05, 0) is 43.7 Å². The number of benzene rings is 2. The second-order valence-electron chi connectivity index (χ2n) is 8.55. The number of halogens is 2. The first kappa shape index (κ1) is 25.8. The summed E-state index contributed by atoms with van der Waals surface area (Å²) in [5, 5.41) is 2.31. The van der Waals surface area contributed by atoms with Gasteiger partial charge < -0.3 is 19.4 Å². The first-order chi connectivity index (χ1) is 17.4. The molecule has 36 heavy (non-hydrogen) atoms. The zero-order valence-corrected chi connectivity index (χ0v) is 21.0. The van der Waals surface area contributed by atoms with E-state index in [1.165, 1.54) is 22.9 Å². The number of rotatable bonds is 10. The van der Waals surface area contributed by atoms with Gasteiger partial charge in [-0.3, -0.25) is 9.59 Å². The number of hydrogen-bond donors (Lipinski definition) is 1. The number of nitrogens with zero attached hydrogens (tertiary/aromatic N) is 1. The zero-order valence-electron chi connectivity index (χ0n) is 20.2. The van der Waals surface area contributed by atoms with Crippen molar-refractivity contribution in [1.82, 2.24) is 5.32 Å². The van der Waals surface area contributed by atoms with E-state index in [1.807, 2.05) is 0 Å². The van der Waals surface area contributed by atoms with Crippen molar-refractivity contribution in [2.75, 3.05) is 11.5 Å². The molecule has 9 heteroatoms. The fraction of sp³-hybridized carbons (Fsp3) is 0.333. The Morgan fingerprint density at radius 1 is 1.17 bits per heavy atom. The van der Waals surface area contributed by atoms with Gasteiger partial charge in [-0.1, -0.05) is 19.8 Å². The highest BCUT2D eigenvalue weighted by Crippen LogP contribution is 2.41. The van der Waals surface area contributed by atoms with Gasteiger partial charge in [-0.15, -0.1) is 11.8 Å². The summed E-state index contributed by atoms with van der Waals surface area (Å²) in [5.41, 5.74) is 0.704. The Labute approximate surface area is 213 Å². The first-order valence-electron chi connectivity index (χ1n) is 11.9. The standard InChI is InChI=1S/C27H28F2N2O4S/c1-3-4-5-10-35-20-13-22(28)21(23(29)14-20)16-31-24-9-8-18(12-25(24)36-17(2)27(31)33)26(32)30-15-19-7-6-11-34-19/h6-9,11-14,17H,3-5,10,15-16H2,1-2H3,(H,30,32). The molecule has 0 aliphatic carbocycles. The molecular weight excluding hydrogens is 486 g/mol. The predicted octanol–water partition coefficient (Wildman–Crippen LogP) is 6.08. The Bertz CT molecular complexity index is 1210. The molecule has 1 aliphatic heterocycles. The maximum Gasteiger partial charge on any atom is 0.251 e. The number of amides is 2. The molecule has 2 amide bonds. The molecule has 3 aromatic rings. The monoisotopic (exact) mass is 514 g/mol. The van der Waals surface area contributed by atoms with Gasteiger partial charge in [-0.25, -0.2) is 8.78 Å². The zero-order chi connectivity index (χ0) is 25.7. The minimum absolute atomic E-state index is 0.129. The predicted molar refractivity (Wildman–Crippen MR) is 134 cm³/mol. The molecule has 0 bridgehead atoms. The summed E-state index contributed by atoms with van der Waals surface area (Å²) in [5.74, 6) is -1.34. The second-order valence-corrected chi connectivity index (χ2v) is 9.93. The third-order valence-corrected chi connectivity index (χ3v) is 7.02. The van der Waals surface area contributed by atoms with E-state index in [-0.39, 0.29) is 36.2 Å². The molecular formula is C27H28F2N2O4S. The summed E-state index contributed by atoms with van der Waals surface area (Å²) in [4.78, 5) is 27.7. The van der Waals surface area contributed by atoms with Crippen LogP contribution in [0.4, 0.5) is 14.5 Å². The van der Waals surface area contributed by atoms with Gasteiger partial charge in [0.2, 0.25) is 5.91 Å². The van der Waals surface area contributed by atoms with E-state index in [4.69, 9.17) is 9.15 Å². The van der Waals surface area contributed by atoms with Crippen molar-refractivity contribution in [2.24, 2.45) is 0 Å². The maximum absolute atomic E-state index is 14.9. The number of ether oxygens (including phenoxy) is 1. The number of carbonyl (C=O) groups is 2. The van der Waals surface area contributed by atoms with E-state index in [9.17, 15) is 18.4 Å². The van der Waals surface area contributed by atoms with Crippen molar-refractivity contribution in [3.05, 3.63) is 77.2 Å². The van der Waals surface area contributed by atoms with E-state index in [0.29, 0.717) is 28.5 Å². The molecule has 1 aliphatic rings. The number of anilines is 1. The number of hydrogen-bond acceptors (Lipinski definition) is 5. The van der Waals surface area contributed by atoms with E-state index < -0.39 is 16.9 Å². The van der Waals surface area contributed by atoms with Gasteiger partial charge in [-0.2, -0.15) is 0 Å². The first-order valence-corrected chi connectivity index (χ1v) is 12.8. The fourth-order valence-electron chi connectivity index (χ4n) is 3.91. The third-order valence-electron chi connectivity index (χ3n) is 5.88. The van der Waals surface area contributed by atoms with Gasteiger partial charge in [0.25, 0.3) is 5.91 Å². The molecule has 0 saturated heterocycles. The van der Waals surface area contributed by atoms with Crippen LogP contribution >= 0.6 is 11.8 Å². The molecule has 4 rings (SSSR count). The minimum atomic E-state index is -0.769. The Kier molecular flexibility index (Phi) is 8.30. The van der Waals surface area contributed by atoms with Crippen LogP contribution in [0.15, 0.2) is 58.0 Å². The Morgan fingerprint density at radius 3 is 2.64 bits per heavy atom. The molecule has 6 nitrogen and oxygen atoms in total. The van der Waals surface area contributed by atoms with Crippen molar-refractivity contribution >= 4 is 29.3 Å². The average molecular weight is 515 g/mol. The van der Waals surface area contributed by atoms with Gasteiger partial charge in [0.15, 0.2) is 0 Å². The van der Waals surface area contributed by atoms with Crippen LogP contribution in [0.3, 0.4) is 0 Å². The molecule has 0 radical (unpaired) electrons. The van der Waals surface area contributed by atoms with Crippen LogP contribution < -0.4 is 15.0 Å². The summed E-state index contributed by atoms with van der Waals surface area (Å²) < 4.78 is 40.5. The number of nitrogens with one attached hydrogen (secondary N) is 1. The van der Waals surface area contributed by atoms with Crippen molar-refractivity contribution in [1.29, 1.82) is 0 Å². The van der Waals surface area contributed by atoms with Gasteiger partial charge in [0, 0.05) is 28.2 Å². The lowest BCUT2D eigenvalue weighted by atomic mass is 10.1. The van der Waals surface area contributed by atoms with E-state index in [0.717, 1.165) is 31.4 Å². The highest BCUT2D eigenvalue weighted by Gasteiger charge is 2.32. The van der Waals surface area contributed by atoms with Crippen molar-refractivity contribution in [3.63, 3.8) is 0 Å². The van der Waals surface area contributed by atoms with Gasteiger partial charge >= 0.3 is 0 Å². The second kappa shape index (κ2) is 11.6. The minimum Gasteiger partial charge on any atom is -0.493 e. The molecule has 2 aromatic carbocycles. The molecule has 0 spiro atoms. The smallest absolute Gasteiger partial charge is 0.251 e. The van der Waals surface area contributed by atoms with E-state index in [1.54, 1.807) is 37.3 Å². The van der Waals surface area contributed by atoms with Crippen LogP contribution in [-0.2, 0) is 17.9 Å². The number of carbonyl (C=O) groups excluding carboxylic acids is 2. The Morgan fingerprint density at radius 2 is 1.94 bits per heavy atom. The molecule has 2 heterocycles. The number of thioether (sulfide) groups is 1. The van der Waals surface area contributed by atoms with Crippen LogP contribution in [0.1, 0.15) is 54.8 Å². The molecule has 1 aromatic heterocycles. The van der Waals surface area contributed by atoms with E-state index >= 15 is 0 Å².